The van der Waals surface area contributed by atoms with Gasteiger partial charge in [-0.1, -0.05) is 38.5 Å². The second-order valence-electron chi connectivity index (χ2n) is 9.75. The number of aromatic carboxylic acids is 1. The van der Waals surface area contributed by atoms with Crippen molar-refractivity contribution < 1.29 is 23.7 Å². The third-order valence-electron chi connectivity index (χ3n) is 5.97. The Hall–Kier alpha value is -1.66. The van der Waals surface area contributed by atoms with Crippen molar-refractivity contribution in [2.24, 2.45) is 5.92 Å². The van der Waals surface area contributed by atoms with Crippen LogP contribution in [0.25, 0.3) is 0 Å². The van der Waals surface area contributed by atoms with Crippen molar-refractivity contribution in [3.63, 3.8) is 0 Å². The van der Waals surface area contributed by atoms with Crippen molar-refractivity contribution in [3.8, 4) is 0 Å². The lowest BCUT2D eigenvalue weighted by molar-refractivity contribution is 0.0683. The molecular weight excluding hydrogens is 457 g/mol. The molecule has 1 aliphatic rings. The number of nitrogens with zero attached hydrogens (tertiary/aromatic N) is 1. The molecular formula is C25H36NO5PS. The summed E-state index contributed by atoms with van der Waals surface area (Å²) in [6.07, 6.45) is 1.68. The summed E-state index contributed by atoms with van der Waals surface area (Å²) in [6, 6.07) is 7.71. The normalized spacial score (nSPS) is 17.0. The average molecular weight is 494 g/mol. The monoisotopic (exact) mass is 493 g/mol. The van der Waals surface area contributed by atoms with E-state index in [2.05, 4.69) is 20.8 Å². The molecule has 1 aliphatic heterocycles. The van der Waals surface area contributed by atoms with Crippen molar-refractivity contribution in [1.29, 1.82) is 0 Å². The first-order valence-electron chi connectivity index (χ1n) is 11.5. The Labute approximate surface area is 201 Å². The van der Waals surface area contributed by atoms with Crippen LogP contribution in [0.3, 0.4) is 0 Å². The molecule has 0 bridgehead atoms. The summed E-state index contributed by atoms with van der Waals surface area (Å²) in [5.41, 5.74) is 2.21. The van der Waals surface area contributed by atoms with Crippen LogP contribution < -0.4 is 9.97 Å². The van der Waals surface area contributed by atoms with E-state index in [1.165, 1.54) is 11.3 Å². The zero-order valence-electron chi connectivity index (χ0n) is 20.5. The minimum atomic E-state index is -3.60. The first-order valence-corrected chi connectivity index (χ1v) is 13.9. The molecule has 8 heteroatoms. The molecule has 6 nitrogen and oxygen atoms in total. The highest BCUT2D eigenvalue weighted by Gasteiger charge is 2.40. The molecule has 0 aliphatic carbocycles. The quantitative estimate of drug-likeness (QED) is 0.445. The van der Waals surface area contributed by atoms with Gasteiger partial charge in [-0.05, 0) is 62.6 Å². The van der Waals surface area contributed by atoms with Crippen LogP contribution in [0.2, 0.25) is 0 Å². The van der Waals surface area contributed by atoms with E-state index in [1.54, 1.807) is 4.67 Å². The third-order valence-corrected chi connectivity index (χ3v) is 10.2. The maximum absolute atomic E-state index is 14.8. The van der Waals surface area contributed by atoms with E-state index in [4.69, 9.17) is 9.26 Å². The summed E-state index contributed by atoms with van der Waals surface area (Å²) in [5, 5.41) is 10.7. The number of carbonyl (C=O) groups is 1. The molecule has 2 aromatic rings. The fraction of sp³-hybridized carbons (Fsp3) is 0.560. The summed E-state index contributed by atoms with van der Waals surface area (Å²) in [4.78, 5) is 13.5. The number of aryl methyl sites for hydroxylation is 2. The van der Waals surface area contributed by atoms with E-state index in [0.29, 0.717) is 30.8 Å². The zero-order valence-corrected chi connectivity index (χ0v) is 22.2. The lowest BCUT2D eigenvalue weighted by atomic mass is 9.94. The molecule has 1 aromatic heterocycles. The fourth-order valence-electron chi connectivity index (χ4n) is 4.18. The van der Waals surface area contributed by atoms with Crippen LogP contribution in [0.4, 0.5) is 5.69 Å². The van der Waals surface area contributed by atoms with Crippen LogP contribution >= 0.6 is 18.9 Å². The largest absolute Gasteiger partial charge is 0.477 e. The maximum atomic E-state index is 14.8. The van der Waals surface area contributed by atoms with Gasteiger partial charge in [0.15, 0.2) is 0 Å². The van der Waals surface area contributed by atoms with Crippen LogP contribution in [-0.2, 0) is 19.2 Å². The first kappa shape index (κ1) is 26.0. The van der Waals surface area contributed by atoms with E-state index in [1.807, 2.05) is 45.0 Å². The van der Waals surface area contributed by atoms with E-state index in [-0.39, 0.29) is 22.8 Å². The number of thiophene rings is 1. The van der Waals surface area contributed by atoms with Gasteiger partial charge in [-0.25, -0.2) is 4.79 Å². The number of hydrogen-bond acceptors (Lipinski definition) is 5. The van der Waals surface area contributed by atoms with E-state index >= 15 is 0 Å². The van der Waals surface area contributed by atoms with Crippen molar-refractivity contribution >= 4 is 35.8 Å². The molecule has 1 fully saturated rings. The standard InChI is InChI=1S/C25H36NO5PS/c1-7-31-32(29,21-9-8-17(2)14-18(21)3)26(16-19-10-12-30-13-11-19)20-15-22(25(4,5)6)33-23(20)24(27)28/h8-9,14-15,19H,7,10-13,16H2,1-6H3,(H,27,28). The minimum absolute atomic E-state index is 0.205. The zero-order chi connectivity index (χ0) is 24.4. The Bertz CT molecular complexity index is 1040. The first-order chi connectivity index (χ1) is 15.5. The Morgan fingerprint density at radius 2 is 1.91 bits per heavy atom. The number of rotatable bonds is 8. The van der Waals surface area contributed by atoms with Gasteiger partial charge < -0.3 is 14.4 Å². The second-order valence-corrected chi connectivity index (χ2v) is 13.1. The molecule has 1 atom stereocenters. The Morgan fingerprint density at radius 3 is 2.45 bits per heavy atom. The van der Waals surface area contributed by atoms with Gasteiger partial charge in [0.25, 0.3) is 0 Å². The summed E-state index contributed by atoms with van der Waals surface area (Å²) in [6.45, 7) is 14.0. The van der Waals surface area contributed by atoms with Gasteiger partial charge in [0.1, 0.15) is 4.88 Å². The van der Waals surface area contributed by atoms with E-state index in [0.717, 1.165) is 28.8 Å². The molecule has 0 spiro atoms. The summed E-state index contributed by atoms with van der Waals surface area (Å²) in [7, 11) is -3.60. The number of benzene rings is 1. The minimum Gasteiger partial charge on any atom is -0.477 e. The Balaban J connectivity index is 2.23. The fourth-order valence-corrected chi connectivity index (χ4v) is 7.86. The number of carboxylic acids is 1. The highest BCUT2D eigenvalue weighted by molar-refractivity contribution is 7.68. The molecule has 182 valence electrons. The Morgan fingerprint density at radius 1 is 1.24 bits per heavy atom. The SMILES string of the molecule is CCOP(=O)(c1ccc(C)cc1C)N(CC1CCOCC1)c1cc(C(C)(C)C)sc1C(=O)O. The molecule has 1 N–H and O–H groups in total. The maximum Gasteiger partial charge on any atom is 0.348 e. The molecule has 1 unspecified atom stereocenters. The van der Waals surface area contributed by atoms with Gasteiger partial charge in [-0.15, -0.1) is 11.3 Å². The van der Waals surface area contributed by atoms with E-state index < -0.39 is 13.5 Å². The lowest BCUT2D eigenvalue weighted by Gasteiger charge is -2.37. The lowest BCUT2D eigenvalue weighted by Crippen LogP contribution is -2.35. The molecule has 1 saturated heterocycles. The van der Waals surface area contributed by atoms with Crippen molar-refractivity contribution in [2.45, 2.75) is 59.8 Å². The van der Waals surface area contributed by atoms with Gasteiger partial charge in [0.2, 0.25) is 0 Å². The Kier molecular flexibility index (Phi) is 8.11. The highest BCUT2D eigenvalue weighted by Crippen LogP contribution is 2.55. The van der Waals surface area contributed by atoms with Gasteiger partial charge in [-0.2, -0.15) is 0 Å². The number of carboxylic acid groups (broad SMARTS) is 1. The van der Waals surface area contributed by atoms with Gasteiger partial charge in [0.05, 0.1) is 17.6 Å². The summed E-state index contributed by atoms with van der Waals surface area (Å²) < 4.78 is 28.2. The molecule has 1 aromatic carbocycles. The highest BCUT2D eigenvalue weighted by atomic mass is 32.1. The molecule has 2 heterocycles. The number of anilines is 1. The number of hydrogen-bond donors (Lipinski definition) is 1. The van der Waals surface area contributed by atoms with Crippen molar-refractivity contribution in [3.05, 3.63) is 45.1 Å². The second kappa shape index (κ2) is 10.3. The van der Waals surface area contributed by atoms with Crippen LogP contribution in [0, 0.1) is 19.8 Å². The summed E-state index contributed by atoms with van der Waals surface area (Å²) in [5.74, 6) is -0.774. The average Bonchev–Trinajstić information content (AvgIpc) is 3.18. The number of ether oxygens (including phenoxy) is 1. The third kappa shape index (κ3) is 5.71. The molecule has 3 rings (SSSR count). The van der Waals surface area contributed by atoms with Crippen LogP contribution in [0.15, 0.2) is 24.3 Å². The van der Waals surface area contributed by atoms with E-state index in [9.17, 15) is 14.5 Å². The molecule has 0 amide bonds. The van der Waals surface area contributed by atoms with Crippen molar-refractivity contribution in [1.82, 2.24) is 0 Å². The van der Waals surface area contributed by atoms with Gasteiger partial charge in [0, 0.05) is 24.6 Å². The predicted molar refractivity (Wildman–Crippen MR) is 136 cm³/mol. The molecule has 0 saturated carbocycles. The smallest absolute Gasteiger partial charge is 0.348 e. The van der Waals surface area contributed by atoms with Crippen LogP contribution in [0.1, 0.15) is 66.2 Å². The predicted octanol–water partition coefficient (Wildman–Crippen LogP) is 6.15. The van der Waals surface area contributed by atoms with Crippen LogP contribution in [-0.4, -0.2) is 37.4 Å². The topological polar surface area (TPSA) is 76.1 Å². The van der Waals surface area contributed by atoms with Crippen LogP contribution in [0.5, 0.6) is 0 Å². The van der Waals surface area contributed by atoms with Gasteiger partial charge >= 0.3 is 13.5 Å². The molecule has 33 heavy (non-hydrogen) atoms. The van der Waals surface area contributed by atoms with Crippen molar-refractivity contribution in [2.75, 3.05) is 31.0 Å². The van der Waals surface area contributed by atoms with Gasteiger partial charge in [-0.3, -0.25) is 9.24 Å². The molecule has 0 radical (unpaired) electrons. The summed E-state index contributed by atoms with van der Waals surface area (Å²) >= 11 is 1.26.